The summed E-state index contributed by atoms with van der Waals surface area (Å²) in [6.45, 7) is 7.64. The van der Waals surface area contributed by atoms with Crippen molar-refractivity contribution < 1.29 is 4.74 Å². The number of piperidine rings is 1. The average Bonchev–Trinajstić information content (AvgIpc) is 3.18. The van der Waals surface area contributed by atoms with Gasteiger partial charge in [-0.3, -0.25) is 9.13 Å². The third kappa shape index (κ3) is 4.18. The summed E-state index contributed by atoms with van der Waals surface area (Å²) in [5, 5.41) is 9.85. The molecule has 0 saturated carbocycles. The maximum Gasteiger partial charge on any atom is 0.330 e. The third-order valence-electron chi connectivity index (χ3n) is 8.59. The van der Waals surface area contributed by atoms with Crippen molar-refractivity contribution in [2.75, 3.05) is 45.3 Å². The minimum Gasteiger partial charge on any atom is -0.381 e. The van der Waals surface area contributed by atoms with Gasteiger partial charge in [-0.1, -0.05) is 19.9 Å². The second kappa shape index (κ2) is 9.47. The van der Waals surface area contributed by atoms with Crippen LogP contribution in [0, 0.1) is 5.41 Å². The summed E-state index contributed by atoms with van der Waals surface area (Å²) in [6, 6.07) is 11.1. The normalized spacial score (nSPS) is 20.6. The van der Waals surface area contributed by atoms with Gasteiger partial charge in [0.1, 0.15) is 11.3 Å². The topological polar surface area (TPSA) is 81.3 Å². The van der Waals surface area contributed by atoms with Gasteiger partial charge in [0.15, 0.2) is 5.65 Å². The molecule has 0 bridgehead atoms. The maximum absolute atomic E-state index is 13.5. The second-order valence-electron chi connectivity index (χ2n) is 11.7. The molecule has 6 rings (SSSR count). The van der Waals surface area contributed by atoms with Crippen LogP contribution in [0.2, 0.25) is 0 Å². The zero-order valence-corrected chi connectivity index (χ0v) is 23.0. The van der Waals surface area contributed by atoms with E-state index in [2.05, 4.69) is 72.2 Å². The molecule has 3 aromatic heterocycles. The van der Waals surface area contributed by atoms with Crippen molar-refractivity contribution in [3.63, 3.8) is 0 Å². The lowest BCUT2D eigenvalue weighted by atomic mass is 9.81. The van der Waals surface area contributed by atoms with E-state index < -0.39 is 0 Å². The number of rotatable bonds is 4. The smallest absolute Gasteiger partial charge is 0.330 e. The Morgan fingerprint density at radius 2 is 1.79 bits per heavy atom. The molecule has 2 aliphatic rings. The molecule has 2 saturated heterocycles. The van der Waals surface area contributed by atoms with Crippen molar-refractivity contribution in [3.05, 3.63) is 47.0 Å². The van der Waals surface area contributed by atoms with Crippen molar-refractivity contribution in [1.29, 1.82) is 0 Å². The molecule has 1 atom stereocenters. The Hall–Kier alpha value is -3.30. The summed E-state index contributed by atoms with van der Waals surface area (Å²) in [5.41, 5.74) is 4.08. The van der Waals surface area contributed by atoms with E-state index in [9.17, 15) is 4.79 Å². The van der Waals surface area contributed by atoms with Gasteiger partial charge in [0.2, 0.25) is 0 Å². The monoisotopic (exact) mass is 515 g/mol. The standard InChI is InChI=1S/C29H37N7O2/c1-29(2)18-38-15-12-24(29)36-26-22-16-19(6-8-23(22)31-32-27(26)34(5)28(36)37)20-7-9-25(30-17-20)35-13-10-21(11-14-35)33(3)4/h6-9,16-17,21,24H,10-15,18H2,1-5H3/t24-/m1/s1. The van der Waals surface area contributed by atoms with E-state index in [-0.39, 0.29) is 17.1 Å². The van der Waals surface area contributed by atoms with Gasteiger partial charge in [0, 0.05) is 61.4 Å². The molecule has 4 aromatic rings. The number of pyridine rings is 1. The van der Waals surface area contributed by atoms with Crippen LogP contribution in [-0.2, 0) is 11.8 Å². The van der Waals surface area contributed by atoms with E-state index in [4.69, 9.17) is 9.72 Å². The Labute approximate surface area is 223 Å². The van der Waals surface area contributed by atoms with Gasteiger partial charge in [-0.2, -0.15) is 0 Å². The van der Waals surface area contributed by atoms with E-state index in [1.165, 1.54) is 0 Å². The number of anilines is 1. The summed E-state index contributed by atoms with van der Waals surface area (Å²) in [6.07, 6.45) is 5.05. The SMILES string of the molecule is CN(C)C1CCN(c2ccc(-c3ccc4nnc5c(c4c3)n([C@@H]3CCOCC3(C)C)c(=O)n5C)cn2)CC1. The Morgan fingerprint density at radius 3 is 2.47 bits per heavy atom. The first-order valence-electron chi connectivity index (χ1n) is 13.6. The first-order chi connectivity index (χ1) is 18.2. The zero-order chi connectivity index (χ0) is 26.6. The number of hydrogen-bond donors (Lipinski definition) is 0. The van der Waals surface area contributed by atoms with E-state index in [1.807, 2.05) is 16.8 Å². The van der Waals surface area contributed by atoms with E-state index in [1.54, 1.807) is 11.6 Å². The van der Waals surface area contributed by atoms with Gasteiger partial charge in [-0.15, -0.1) is 10.2 Å². The lowest BCUT2D eigenvalue weighted by Crippen LogP contribution is -2.42. The fraction of sp³-hybridized carbons (Fsp3) is 0.517. The highest BCUT2D eigenvalue weighted by Crippen LogP contribution is 2.39. The van der Waals surface area contributed by atoms with Crippen molar-refractivity contribution in [2.24, 2.45) is 12.5 Å². The van der Waals surface area contributed by atoms with Crippen molar-refractivity contribution in [2.45, 2.75) is 45.2 Å². The van der Waals surface area contributed by atoms with Crippen LogP contribution in [0.3, 0.4) is 0 Å². The lowest BCUT2D eigenvalue weighted by Gasteiger charge is -2.38. The number of nitrogens with zero attached hydrogens (tertiary/aromatic N) is 7. The van der Waals surface area contributed by atoms with Gasteiger partial charge >= 0.3 is 5.69 Å². The van der Waals surface area contributed by atoms with E-state index >= 15 is 0 Å². The molecule has 1 aromatic carbocycles. The minimum absolute atomic E-state index is 0.0149. The highest BCUT2D eigenvalue weighted by Gasteiger charge is 2.37. The van der Waals surface area contributed by atoms with Crippen molar-refractivity contribution in [3.8, 4) is 11.1 Å². The van der Waals surface area contributed by atoms with Gasteiger partial charge in [-0.05, 0) is 63.2 Å². The molecule has 9 heteroatoms. The lowest BCUT2D eigenvalue weighted by molar-refractivity contribution is -0.0253. The predicted molar refractivity (Wildman–Crippen MR) is 151 cm³/mol. The highest BCUT2D eigenvalue weighted by molar-refractivity contribution is 6.02. The number of aryl methyl sites for hydroxylation is 1. The molecule has 9 nitrogen and oxygen atoms in total. The van der Waals surface area contributed by atoms with Crippen LogP contribution in [0.15, 0.2) is 41.3 Å². The Morgan fingerprint density at radius 1 is 1.03 bits per heavy atom. The first kappa shape index (κ1) is 25.0. The van der Waals surface area contributed by atoms with Crippen LogP contribution >= 0.6 is 0 Å². The predicted octanol–water partition coefficient (Wildman–Crippen LogP) is 3.86. The van der Waals surface area contributed by atoms with Crippen LogP contribution in [0.4, 0.5) is 5.82 Å². The minimum atomic E-state index is -0.176. The summed E-state index contributed by atoms with van der Waals surface area (Å²) in [7, 11) is 6.10. The fourth-order valence-electron chi connectivity index (χ4n) is 6.21. The average molecular weight is 516 g/mol. The molecule has 5 heterocycles. The van der Waals surface area contributed by atoms with E-state index in [0.717, 1.165) is 65.7 Å². The second-order valence-corrected chi connectivity index (χ2v) is 11.7. The molecule has 2 aliphatic heterocycles. The quantitative estimate of drug-likeness (QED) is 0.408. The number of ether oxygens (including phenoxy) is 1. The highest BCUT2D eigenvalue weighted by atomic mass is 16.5. The Bertz CT molecular complexity index is 1530. The molecule has 2 fully saturated rings. The van der Waals surface area contributed by atoms with E-state index in [0.29, 0.717) is 24.9 Å². The molecule has 38 heavy (non-hydrogen) atoms. The Kier molecular flexibility index (Phi) is 6.23. The van der Waals surface area contributed by atoms with Crippen LogP contribution in [0.25, 0.3) is 33.2 Å². The Balaban J connectivity index is 1.39. The molecular formula is C29H37N7O2. The first-order valence-corrected chi connectivity index (χ1v) is 13.6. The number of aromatic nitrogens is 5. The molecular weight excluding hydrogens is 478 g/mol. The number of fused-ring (bicyclic) bond motifs is 3. The van der Waals surface area contributed by atoms with Crippen molar-refractivity contribution in [1.82, 2.24) is 29.2 Å². The molecule has 0 unspecified atom stereocenters. The summed E-state index contributed by atoms with van der Waals surface area (Å²) < 4.78 is 9.33. The van der Waals surface area contributed by atoms with Crippen LogP contribution < -0.4 is 10.6 Å². The van der Waals surface area contributed by atoms with Crippen LogP contribution in [0.5, 0.6) is 0 Å². The fourth-order valence-corrected chi connectivity index (χ4v) is 6.21. The molecule has 0 radical (unpaired) electrons. The van der Waals surface area contributed by atoms with Crippen LogP contribution in [-0.4, -0.2) is 75.7 Å². The van der Waals surface area contributed by atoms with Gasteiger partial charge in [0.05, 0.1) is 12.1 Å². The molecule has 0 amide bonds. The van der Waals surface area contributed by atoms with Crippen molar-refractivity contribution >= 4 is 27.9 Å². The number of benzene rings is 1. The van der Waals surface area contributed by atoms with Gasteiger partial charge < -0.3 is 14.5 Å². The maximum atomic E-state index is 13.5. The number of imidazole rings is 1. The molecule has 0 N–H and O–H groups in total. The third-order valence-corrected chi connectivity index (χ3v) is 8.59. The largest absolute Gasteiger partial charge is 0.381 e. The molecule has 0 aliphatic carbocycles. The van der Waals surface area contributed by atoms with Gasteiger partial charge in [0.25, 0.3) is 0 Å². The zero-order valence-electron chi connectivity index (χ0n) is 23.0. The number of hydrogen-bond acceptors (Lipinski definition) is 7. The van der Waals surface area contributed by atoms with Gasteiger partial charge in [-0.25, -0.2) is 9.78 Å². The molecule has 0 spiro atoms. The summed E-state index contributed by atoms with van der Waals surface area (Å²) >= 11 is 0. The summed E-state index contributed by atoms with van der Waals surface area (Å²) in [5.74, 6) is 1.03. The summed E-state index contributed by atoms with van der Waals surface area (Å²) in [4.78, 5) is 23.0. The molecule has 200 valence electrons. The van der Waals surface area contributed by atoms with Crippen LogP contribution in [0.1, 0.15) is 39.2 Å².